The molecule has 0 saturated heterocycles. The van der Waals surface area contributed by atoms with Crippen LogP contribution in [0, 0.1) is 0 Å². The van der Waals surface area contributed by atoms with Crippen LogP contribution in [0.1, 0.15) is 50.2 Å². The van der Waals surface area contributed by atoms with E-state index >= 15 is 0 Å². The Morgan fingerprint density at radius 3 is 3.07 bits per heavy atom. The molecular weight excluding hydrogens is 188 g/mol. The zero-order valence-electron chi connectivity index (χ0n) is 9.45. The normalized spacial score (nSPS) is 17.5. The Kier molecular flexibility index (Phi) is 3.36. The Balaban J connectivity index is 2.10. The van der Waals surface area contributed by atoms with Gasteiger partial charge in [0.05, 0.1) is 0 Å². The molecule has 0 aliphatic carbocycles. The maximum Gasteiger partial charge on any atom is 0.135 e. The third-order valence-electron chi connectivity index (χ3n) is 3.17. The number of nitrogens with zero attached hydrogens (tertiary/aromatic N) is 3. The van der Waals surface area contributed by atoms with Gasteiger partial charge in [0.25, 0.3) is 0 Å². The van der Waals surface area contributed by atoms with E-state index in [4.69, 9.17) is 5.73 Å². The van der Waals surface area contributed by atoms with Gasteiger partial charge in [-0.25, -0.2) is 0 Å². The molecule has 4 heteroatoms. The van der Waals surface area contributed by atoms with Crippen molar-refractivity contribution in [2.45, 2.75) is 51.5 Å². The van der Waals surface area contributed by atoms with E-state index in [1.54, 1.807) is 0 Å². The van der Waals surface area contributed by atoms with Crippen molar-refractivity contribution in [1.29, 1.82) is 0 Å². The molecule has 2 rings (SSSR count). The summed E-state index contributed by atoms with van der Waals surface area (Å²) in [5.74, 6) is 2.84. The van der Waals surface area contributed by atoms with Crippen LogP contribution >= 0.6 is 0 Å². The summed E-state index contributed by atoms with van der Waals surface area (Å²) in [6.45, 7) is 4.09. The maximum absolute atomic E-state index is 5.53. The quantitative estimate of drug-likeness (QED) is 0.815. The fraction of sp³-hybridized carbons (Fsp3) is 0.818. The molecule has 0 spiro atoms. The van der Waals surface area contributed by atoms with E-state index in [0.29, 0.717) is 5.92 Å². The Hall–Kier alpha value is -0.900. The lowest BCUT2D eigenvalue weighted by Crippen LogP contribution is -2.15. The summed E-state index contributed by atoms with van der Waals surface area (Å²) in [6, 6.07) is 0. The van der Waals surface area contributed by atoms with Gasteiger partial charge in [-0.05, 0) is 32.2 Å². The molecule has 0 saturated carbocycles. The van der Waals surface area contributed by atoms with Crippen LogP contribution in [0.3, 0.4) is 0 Å². The van der Waals surface area contributed by atoms with Gasteiger partial charge in [-0.1, -0.05) is 6.92 Å². The molecule has 0 fully saturated rings. The van der Waals surface area contributed by atoms with E-state index in [9.17, 15) is 0 Å². The number of hydrogen-bond donors (Lipinski definition) is 1. The predicted octanol–water partition coefficient (Wildman–Crippen LogP) is 1.46. The van der Waals surface area contributed by atoms with E-state index in [2.05, 4.69) is 21.7 Å². The third kappa shape index (κ3) is 2.20. The van der Waals surface area contributed by atoms with Gasteiger partial charge < -0.3 is 10.3 Å². The minimum Gasteiger partial charge on any atom is -0.330 e. The van der Waals surface area contributed by atoms with Gasteiger partial charge in [0.15, 0.2) is 0 Å². The van der Waals surface area contributed by atoms with Crippen molar-refractivity contribution < 1.29 is 0 Å². The van der Waals surface area contributed by atoms with E-state index in [0.717, 1.165) is 38.2 Å². The van der Waals surface area contributed by atoms with Crippen molar-refractivity contribution >= 4 is 0 Å². The molecule has 1 aromatic heterocycles. The Morgan fingerprint density at radius 2 is 2.27 bits per heavy atom. The van der Waals surface area contributed by atoms with Crippen LogP contribution in [0.15, 0.2) is 0 Å². The van der Waals surface area contributed by atoms with Crippen LogP contribution in [0.2, 0.25) is 0 Å². The number of nitrogens with two attached hydrogens (primary N) is 1. The molecule has 1 aliphatic heterocycles. The highest BCUT2D eigenvalue weighted by Gasteiger charge is 2.19. The molecule has 0 amide bonds. The average Bonchev–Trinajstić information content (AvgIpc) is 2.69. The molecule has 1 aliphatic rings. The Morgan fingerprint density at radius 1 is 1.40 bits per heavy atom. The minimum absolute atomic E-state index is 0.493. The van der Waals surface area contributed by atoms with Crippen molar-refractivity contribution in [2.24, 2.45) is 5.73 Å². The molecule has 1 aromatic rings. The summed E-state index contributed by atoms with van der Waals surface area (Å²) >= 11 is 0. The first-order chi connectivity index (χ1) is 7.33. The SMILES string of the molecule is CC(CCCN)c1nnc2n1CCCC2. The van der Waals surface area contributed by atoms with Crippen molar-refractivity contribution in [3.05, 3.63) is 11.6 Å². The second kappa shape index (κ2) is 4.75. The van der Waals surface area contributed by atoms with Gasteiger partial charge in [0.1, 0.15) is 11.6 Å². The van der Waals surface area contributed by atoms with Crippen molar-refractivity contribution in [3.63, 3.8) is 0 Å². The van der Waals surface area contributed by atoms with Gasteiger partial charge in [-0.2, -0.15) is 0 Å². The molecule has 0 bridgehead atoms. The lowest BCUT2D eigenvalue weighted by atomic mass is 10.0. The number of hydrogen-bond acceptors (Lipinski definition) is 3. The number of fused-ring (bicyclic) bond motifs is 1. The van der Waals surface area contributed by atoms with Crippen LogP contribution in [0.4, 0.5) is 0 Å². The molecule has 84 valence electrons. The van der Waals surface area contributed by atoms with Gasteiger partial charge in [-0.3, -0.25) is 0 Å². The lowest BCUT2D eigenvalue weighted by molar-refractivity contribution is 0.484. The summed E-state index contributed by atoms with van der Waals surface area (Å²) in [5.41, 5.74) is 5.53. The predicted molar refractivity (Wildman–Crippen MR) is 59.7 cm³/mol. The van der Waals surface area contributed by atoms with Gasteiger partial charge in [-0.15, -0.1) is 10.2 Å². The van der Waals surface area contributed by atoms with Gasteiger partial charge in [0, 0.05) is 18.9 Å². The van der Waals surface area contributed by atoms with Crippen LogP contribution in [-0.2, 0) is 13.0 Å². The second-order valence-electron chi connectivity index (χ2n) is 4.42. The van der Waals surface area contributed by atoms with E-state index in [1.165, 1.54) is 18.7 Å². The third-order valence-corrected chi connectivity index (χ3v) is 3.17. The van der Waals surface area contributed by atoms with Crippen LogP contribution in [-0.4, -0.2) is 21.3 Å². The molecule has 2 N–H and O–H groups in total. The van der Waals surface area contributed by atoms with Crippen molar-refractivity contribution in [2.75, 3.05) is 6.54 Å². The van der Waals surface area contributed by atoms with Crippen molar-refractivity contribution in [1.82, 2.24) is 14.8 Å². The molecular formula is C11H20N4. The van der Waals surface area contributed by atoms with Gasteiger partial charge in [0.2, 0.25) is 0 Å². The summed E-state index contributed by atoms with van der Waals surface area (Å²) < 4.78 is 2.31. The summed E-state index contributed by atoms with van der Waals surface area (Å²) in [6.07, 6.45) is 5.81. The zero-order valence-corrected chi connectivity index (χ0v) is 9.45. The summed E-state index contributed by atoms with van der Waals surface area (Å²) in [7, 11) is 0. The number of rotatable bonds is 4. The number of aryl methyl sites for hydroxylation is 1. The molecule has 4 nitrogen and oxygen atoms in total. The fourth-order valence-corrected chi connectivity index (χ4v) is 2.25. The van der Waals surface area contributed by atoms with Gasteiger partial charge >= 0.3 is 0 Å². The summed E-state index contributed by atoms with van der Waals surface area (Å²) in [4.78, 5) is 0. The zero-order chi connectivity index (χ0) is 10.7. The Bertz CT molecular complexity index is 318. The highest BCUT2D eigenvalue weighted by atomic mass is 15.3. The standard InChI is InChI=1S/C11H20N4/c1-9(5-4-7-12)11-14-13-10-6-2-3-8-15(10)11/h9H,2-8,12H2,1H3. The van der Waals surface area contributed by atoms with E-state index in [1.807, 2.05) is 0 Å². The molecule has 1 unspecified atom stereocenters. The lowest BCUT2D eigenvalue weighted by Gasteiger charge is -2.17. The van der Waals surface area contributed by atoms with E-state index in [-0.39, 0.29) is 0 Å². The highest BCUT2D eigenvalue weighted by Crippen LogP contribution is 2.22. The molecule has 2 heterocycles. The average molecular weight is 208 g/mol. The smallest absolute Gasteiger partial charge is 0.135 e. The monoisotopic (exact) mass is 208 g/mol. The van der Waals surface area contributed by atoms with Crippen LogP contribution in [0.25, 0.3) is 0 Å². The minimum atomic E-state index is 0.493. The van der Waals surface area contributed by atoms with Crippen molar-refractivity contribution in [3.8, 4) is 0 Å². The maximum atomic E-state index is 5.53. The van der Waals surface area contributed by atoms with Crippen LogP contribution in [0.5, 0.6) is 0 Å². The first kappa shape index (κ1) is 10.6. The summed E-state index contributed by atoms with van der Waals surface area (Å²) in [5, 5.41) is 8.59. The molecule has 0 radical (unpaired) electrons. The van der Waals surface area contributed by atoms with E-state index < -0.39 is 0 Å². The largest absolute Gasteiger partial charge is 0.330 e. The first-order valence-electron chi connectivity index (χ1n) is 5.95. The Labute approximate surface area is 90.9 Å². The number of aromatic nitrogens is 3. The first-order valence-corrected chi connectivity index (χ1v) is 5.95. The van der Waals surface area contributed by atoms with Crippen LogP contribution < -0.4 is 5.73 Å². The second-order valence-corrected chi connectivity index (χ2v) is 4.42. The fourth-order valence-electron chi connectivity index (χ4n) is 2.25. The topological polar surface area (TPSA) is 56.7 Å². The molecule has 15 heavy (non-hydrogen) atoms. The highest BCUT2D eigenvalue weighted by molar-refractivity contribution is 5.03. The molecule has 0 aromatic carbocycles. The molecule has 1 atom stereocenters.